The molecule has 13 nitrogen and oxygen atoms in total. The normalized spacial score (nSPS) is 12.9. The van der Waals surface area contributed by atoms with Crippen LogP contribution in [0.3, 0.4) is 0 Å². The lowest BCUT2D eigenvalue weighted by Gasteiger charge is -2.23. The van der Waals surface area contributed by atoms with Gasteiger partial charge in [0.1, 0.15) is 24.2 Å². The highest BCUT2D eigenvalue weighted by molar-refractivity contribution is 7.98. The van der Waals surface area contributed by atoms with Gasteiger partial charge in [-0.1, -0.05) is 84.9 Å². The molecule has 0 aliphatic heterocycles. The molecule has 1 aromatic heterocycles. The number of carbonyl (C=O) groups excluding carboxylic acids is 6. The third-order valence-corrected chi connectivity index (χ3v) is 11.4. The van der Waals surface area contributed by atoms with Crippen molar-refractivity contribution in [1.29, 1.82) is 0 Å². The molecule has 0 radical (unpaired) electrons. The molecule has 5 N–H and O–H groups in total. The van der Waals surface area contributed by atoms with Gasteiger partial charge in [0.05, 0.1) is 14.2 Å². The minimum Gasteiger partial charge on any atom is -0.467 e. The highest BCUT2D eigenvalue weighted by atomic mass is 32.2. The predicted octanol–water partition coefficient (Wildman–Crippen LogP) is 5.34. The van der Waals surface area contributed by atoms with E-state index >= 15 is 0 Å². The summed E-state index contributed by atoms with van der Waals surface area (Å²) in [5.74, 6) is -2.40. The molecule has 0 bridgehead atoms. The number of benzene rings is 4. The van der Waals surface area contributed by atoms with Crippen LogP contribution in [-0.2, 0) is 41.5 Å². The van der Waals surface area contributed by atoms with E-state index in [0.717, 1.165) is 22.0 Å². The largest absolute Gasteiger partial charge is 0.467 e. The van der Waals surface area contributed by atoms with E-state index in [1.807, 2.05) is 67.1 Å². The fourth-order valence-corrected chi connectivity index (χ4v) is 7.84. The van der Waals surface area contributed by atoms with Crippen molar-refractivity contribution < 1.29 is 38.2 Å². The highest BCUT2D eigenvalue weighted by Crippen LogP contribution is 2.28. The van der Waals surface area contributed by atoms with Crippen LogP contribution in [-0.4, -0.2) is 103 Å². The first kappa shape index (κ1) is 46.0. The van der Waals surface area contributed by atoms with Crippen molar-refractivity contribution in [2.45, 2.75) is 49.9 Å². The van der Waals surface area contributed by atoms with Gasteiger partial charge in [-0.3, -0.25) is 19.2 Å². The lowest BCUT2D eigenvalue weighted by Crippen LogP contribution is -2.52. The van der Waals surface area contributed by atoms with Crippen molar-refractivity contribution in [3.8, 4) is 11.1 Å². The van der Waals surface area contributed by atoms with Gasteiger partial charge in [-0.2, -0.15) is 23.5 Å². The molecule has 0 unspecified atom stereocenters. The zero-order chi connectivity index (χ0) is 43.7. The van der Waals surface area contributed by atoms with Crippen LogP contribution < -0.4 is 21.3 Å². The van der Waals surface area contributed by atoms with E-state index in [0.29, 0.717) is 22.6 Å². The molecule has 5 rings (SSSR count). The number of aromatic amines is 1. The number of hydrogen-bond acceptors (Lipinski definition) is 10. The number of hydrogen-bond donors (Lipinski definition) is 5. The summed E-state index contributed by atoms with van der Waals surface area (Å²) >= 11 is 3.01. The standard InChI is InChI=1S/C46H51N5O8S2/c1-58-45(56)39(26-29-14-6-5-7-15-29)50-43(54)37(22-24-60-3)48-41(52)34-19-10-8-17-32(34)33-18-9-11-20-35(33)42(53)49-38(23-25-61-4)44(55)51-40(46(57)59-2)27-30-28-47-36-21-13-12-16-31(30)36/h5-21,28,37-40,47H,22-27H2,1-4H3,(H,48,52)(H,49,53)(H,50,54)(H,51,55)/t37-,38-,39-,40-/m0/s1. The minimum atomic E-state index is -1.03. The van der Waals surface area contributed by atoms with Crippen LogP contribution in [0.5, 0.6) is 0 Å². The van der Waals surface area contributed by atoms with Crippen molar-refractivity contribution in [2.24, 2.45) is 0 Å². The average molecular weight is 866 g/mol. The zero-order valence-electron chi connectivity index (χ0n) is 34.5. The Labute approximate surface area is 363 Å². The molecule has 0 fully saturated rings. The van der Waals surface area contributed by atoms with Crippen LogP contribution in [0.2, 0.25) is 0 Å². The van der Waals surface area contributed by atoms with Crippen molar-refractivity contribution >= 4 is 70.0 Å². The number of carbonyl (C=O) groups is 6. The highest BCUT2D eigenvalue weighted by Gasteiger charge is 2.31. The molecule has 0 aliphatic carbocycles. The lowest BCUT2D eigenvalue weighted by molar-refractivity contribution is -0.145. The molecule has 4 aromatic carbocycles. The summed E-state index contributed by atoms with van der Waals surface area (Å²) in [6, 6.07) is 26.3. The number of nitrogens with one attached hydrogen (secondary N) is 5. The smallest absolute Gasteiger partial charge is 0.328 e. The molecule has 61 heavy (non-hydrogen) atoms. The minimum absolute atomic E-state index is 0.159. The topological polar surface area (TPSA) is 185 Å². The Morgan fingerprint density at radius 2 is 1.02 bits per heavy atom. The van der Waals surface area contributed by atoms with Crippen molar-refractivity contribution in [3.05, 3.63) is 132 Å². The number of para-hydroxylation sites is 1. The number of fused-ring (bicyclic) bond motifs is 1. The van der Waals surface area contributed by atoms with Gasteiger partial charge in [-0.15, -0.1) is 0 Å². The Balaban J connectivity index is 1.36. The van der Waals surface area contributed by atoms with E-state index in [2.05, 4.69) is 26.3 Å². The number of esters is 2. The van der Waals surface area contributed by atoms with Gasteiger partial charge >= 0.3 is 11.9 Å². The van der Waals surface area contributed by atoms with E-state index in [4.69, 9.17) is 9.47 Å². The Morgan fingerprint density at radius 1 is 0.557 bits per heavy atom. The first-order chi connectivity index (χ1) is 29.6. The number of ether oxygens (including phenoxy) is 2. The maximum Gasteiger partial charge on any atom is 0.328 e. The van der Waals surface area contributed by atoms with Crippen molar-refractivity contribution in [1.82, 2.24) is 26.3 Å². The average Bonchev–Trinajstić information content (AvgIpc) is 3.70. The molecule has 0 saturated heterocycles. The molecule has 1 heterocycles. The Morgan fingerprint density at radius 3 is 1.52 bits per heavy atom. The SMILES string of the molecule is COC(=O)[C@H](Cc1ccccc1)NC(=O)[C@H](CCSC)NC(=O)c1ccccc1-c1ccccc1C(=O)N[C@@H](CCSC)C(=O)N[C@@H](Cc1c[nH]c2ccccc12)C(=O)OC. The lowest BCUT2D eigenvalue weighted by atomic mass is 9.94. The number of thioether (sulfide) groups is 2. The Hall–Kier alpha value is -6.06. The maximum absolute atomic E-state index is 14.2. The fraction of sp³-hybridized carbons (Fsp3) is 0.304. The zero-order valence-corrected chi connectivity index (χ0v) is 36.2. The summed E-state index contributed by atoms with van der Waals surface area (Å²) in [6.45, 7) is 0. The summed E-state index contributed by atoms with van der Waals surface area (Å²) < 4.78 is 10.1. The van der Waals surface area contributed by atoms with Gasteiger partial charge in [-0.25, -0.2) is 9.59 Å². The van der Waals surface area contributed by atoms with Crippen LogP contribution in [0.4, 0.5) is 0 Å². The monoisotopic (exact) mass is 865 g/mol. The van der Waals surface area contributed by atoms with Gasteiger partial charge in [0.2, 0.25) is 11.8 Å². The van der Waals surface area contributed by atoms with Crippen molar-refractivity contribution in [2.75, 3.05) is 38.2 Å². The number of methoxy groups -OCH3 is 2. The molecule has 15 heteroatoms. The number of rotatable bonds is 21. The molecule has 320 valence electrons. The van der Waals surface area contributed by atoms with Crippen LogP contribution in [0.1, 0.15) is 44.7 Å². The molecule has 5 aromatic rings. The molecule has 0 aliphatic rings. The second-order valence-electron chi connectivity index (χ2n) is 14.1. The number of amides is 4. The van der Waals surface area contributed by atoms with E-state index < -0.39 is 59.7 Å². The van der Waals surface area contributed by atoms with Gasteiger partial charge in [0, 0.05) is 41.1 Å². The first-order valence-corrected chi connectivity index (χ1v) is 22.5. The number of H-pyrrole nitrogens is 1. The third-order valence-electron chi connectivity index (χ3n) is 10.1. The first-order valence-electron chi connectivity index (χ1n) is 19.7. The van der Waals surface area contributed by atoms with Gasteiger partial charge < -0.3 is 35.7 Å². The second kappa shape index (κ2) is 23.1. The maximum atomic E-state index is 14.2. The van der Waals surface area contributed by atoms with Gasteiger partial charge in [0.15, 0.2) is 0 Å². The molecule has 4 amide bonds. The van der Waals surface area contributed by atoms with Crippen LogP contribution in [0.25, 0.3) is 22.0 Å². The molecular formula is C46H51N5O8S2. The van der Waals surface area contributed by atoms with Crippen LogP contribution in [0, 0.1) is 0 Å². The molecule has 4 atom stereocenters. The fourth-order valence-electron chi connectivity index (χ4n) is 6.90. The molecule has 0 saturated carbocycles. The van der Waals surface area contributed by atoms with Crippen LogP contribution in [0.15, 0.2) is 109 Å². The van der Waals surface area contributed by atoms with E-state index in [1.165, 1.54) is 37.7 Å². The third kappa shape index (κ3) is 12.5. The van der Waals surface area contributed by atoms with E-state index in [9.17, 15) is 28.8 Å². The summed E-state index contributed by atoms with van der Waals surface area (Å²) in [5, 5.41) is 12.3. The molecular weight excluding hydrogens is 815 g/mol. The van der Waals surface area contributed by atoms with Crippen molar-refractivity contribution in [3.63, 3.8) is 0 Å². The summed E-state index contributed by atoms with van der Waals surface area (Å²) in [5.41, 5.74) is 3.76. The Bertz CT molecular complexity index is 2300. The molecule has 0 spiro atoms. The second-order valence-corrected chi connectivity index (χ2v) is 16.1. The summed E-state index contributed by atoms with van der Waals surface area (Å²) in [4.78, 5) is 84.9. The van der Waals surface area contributed by atoms with E-state index in [-0.39, 0.29) is 36.8 Å². The summed E-state index contributed by atoms with van der Waals surface area (Å²) in [6.07, 6.45) is 6.47. The van der Waals surface area contributed by atoms with Gasteiger partial charge in [-0.05, 0) is 77.3 Å². The van der Waals surface area contributed by atoms with Gasteiger partial charge in [0.25, 0.3) is 11.8 Å². The Kier molecular flexibility index (Phi) is 17.4. The van der Waals surface area contributed by atoms with E-state index in [1.54, 1.807) is 54.7 Å². The van der Waals surface area contributed by atoms with Crippen LogP contribution >= 0.6 is 23.5 Å². The number of aromatic nitrogens is 1. The quantitative estimate of drug-likeness (QED) is 0.0604. The summed E-state index contributed by atoms with van der Waals surface area (Å²) in [7, 11) is 2.51. The predicted molar refractivity (Wildman–Crippen MR) is 240 cm³/mol.